The van der Waals surface area contributed by atoms with E-state index in [2.05, 4.69) is 25.6 Å². The van der Waals surface area contributed by atoms with Crippen molar-refractivity contribution in [1.82, 2.24) is 20.3 Å². The molecule has 2 N–H and O–H groups in total. The lowest BCUT2D eigenvalue weighted by molar-refractivity contribution is -0.123. The second-order valence-electron chi connectivity index (χ2n) is 6.88. The Hall–Kier alpha value is -3.00. The van der Waals surface area contributed by atoms with Crippen LogP contribution in [0.25, 0.3) is 22.0 Å². The van der Waals surface area contributed by atoms with Crippen molar-refractivity contribution in [3.05, 3.63) is 49.1 Å². The first-order valence-corrected chi connectivity index (χ1v) is 9.07. The topological polar surface area (TPSA) is 79.8 Å². The minimum Gasteiger partial charge on any atom is -0.310 e. The second kappa shape index (κ2) is 7.93. The molecule has 1 aliphatic carbocycles. The number of hydrogen-bond acceptors (Lipinski definition) is 5. The number of benzene rings is 1. The predicted molar refractivity (Wildman–Crippen MR) is 102 cm³/mol. The van der Waals surface area contributed by atoms with Gasteiger partial charge in [0.2, 0.25) is 5.91 Å². The maximum Gasteiger partial charge on any atom is 0.250 e. The number of alkyl halides is 2. The average molecular weight is 383 g/mol. The Morgan fingerprint density at radius 3 is 2.71 bits per heavy atom. The van der Waals surface area contributed by atoms with E-state index in [1.54, 1.807) is 24.8 Å². The summed E-state index contributed by atoms with van der Waals surface area (Å²) in [5.41, 5.74) is 1.69. The van der Waals surface area contributed by atoms with Crippen LogP contribution in [0.3, 0.4) is 0 Å². The van der Waals surface area contributed by atoms with Crippen molar-refractivity contribution >= 4 is 22.5 Å². The number of nitrogens with zero attached hydrogens (tertiary/aromatic N) is 3. The van der Waals surface area contributed by atoms with E-state index < -0.39 is 6.43 Å². The van der Waals surface area contributed by atoms with Gasteiger partial charge < -0.3 is 10.6 Å². The maximum absolute atomic E-state index is 12.4. The van der Waals surface area contributed by atoms with Crippen molar-refractivity contribution in [3.8, 4) is 11.3 Å². The second-order valence-corrected chi connectivity index (χ2v) is 6.88. The Bertz CT molecular complexity index is 977. The van der Waals surface area contributed by atoms with Crippen LogP contribution in [0.4, 0.5) is 14.6 Å². The van der Waals surface area contributed by atoms with Gasteiger partial charge in [-0.1, -0.05) is 12.1 Å². The summed E-state index contributed by atoms with van der Waals surface area (Å²) in [6.45, 7) is -0.334. The van der Waals surface area contributed by atoms with Gasteiger partial charge in [-0.15, -0.1) is 0 Å². The van der Waals surface area contributed by atoms with E-state index in [9.17, 15) is 13.6 Å². The zero-order valence-electron chi connectivity index (χ0n) is 15.0. The summed E-state index contributed by atoms with van der Waals surface area (Å²) >= 11 is 0. The van der Waals surface area contributed by atoms with E-state index in [1.807, 2.05) is 24.3 Å². The highest BCUT2D eigenvalue weighted by molar-refractivity contribution is 5.95. The first kappa shape index (κ1) is 18.4. The molecule has 2 heterocycles. The Labute approximate surface area is 160 Å². The molecule has 0 atom stereocenters. The molecule has 8 heteroatoms. The SMILES string of the molecule is O=C(Nc1cc2cc(-c3cnccn3)ccc2cn1)[C@H]1C[C@H](NCC(F)F)C1. The number of rotatable bonds is 6. The Balaban J connectivity index is 1.42. The maximum atomic E-state index is 12.4. The number of amides is 1. The molecule has 1 aromatic carbocycles. The quantitative estimate of drug-likeness (QED) is 0.683. The third-order valence-corrected chi connectivity index (χ3v) is 4.90. The van der Waals surface area contributed by atoms with E-state index in [0.717, 1.165) is 22.0 Å². The molecule has 1 fully saturated rings. The summed E-state index contributed by atoms with van der Waals surface area (Å²) in [6, 6.07) is 7.67. The molecule has 1 aliphatic rings. The molecule has 0 bridgehead atoms. The van der Waals surface area contributed by atoms with E-state index in [0.29, 0.717) is 18.7 Å². The van der Waals surface area contributed by atoms with Gasteiger partial charge in [0.05, 0.1) is 18.4 Å². The van der Waals surface area contributed by atoms with Gasteiger partial charge >= 0.3 is 0 Å². The number of aromatic nitrogens is 3. The van der Waals surface area contributed by atoms with Gasteiger partial charge in [-0.2, -0.15) is 0 Å². The van der Waals surface area contributed by atoms with Gasteiger partial charge in [-0.3, -0.25) is 14.8 Å². The van der Waals surface area contributed by atoms with Gasteiger partial charge in [0.1, 0.15) is 5.82 Å². The zero-order valence-corrected chi connectivity index (χ0v) is 15.0. The lowest BCUT2D eigenvalue weighted by atomic mass is 9.79. The number of fused-ring (bicyclic) bond motifs is 1. The number of nitrogens with one attached hydrogen (secondary N) is 2. The monoisotopic (exact) mass is 383 g/mol. The summed E-state index contributed by atoms with van der Waals surface area (Å²) < 4.78 is 24.4. The fourth-order valence-corrected chi connectivity index (χ4v) is 3.30. The molecule has 0 saturated heterocycles. The van der Waals surface area contributed by atoms with Crippen LogP contribution >= 0.6 is 0 Å². The number of halogens is 2. The van der Waals surface area contributed by atoms with Crippen molar-refractivity contribution < 1.29 is 13.6 Å². The van der Waals surface area contributed by atoms with Crippen LogP contribution in [0.2, 0.25) is 0 Å². The summed E-state index contributed by atoms with van der Waals surface area (Å²) in [4.78, 5) is 25.0. The first-order valence-electron chi connectivity index (χ1n) is 9.07. The van der Waals surface area contributed by atoms with Crippen molar-refractivity contribution in [1.29, 1.82) is 0 Å². The standard InChI is InChI=1S/C20H19F2N5O/c21-18(22)11-25-16-6-15(7-16)20(28)27-19-8-14-5-12(1-2-13(14)9-26-19)17-10-23-3-4-24-17/h1-5,8-10,15-16,18,25H,6-7,11H2,(H,26,27,28)/t15-,16-. The van der Waals surface area contributed by atoms with Crippen LogP contribution < -0.4 is 10.6 Å². The van der Waals surface area contributed by atoms with E-state index in [1.165, 1.54) is 0 Å². The molecule has 0 unspecified atom stereocenters. The molecular formula is C20H19F2N5O. The molecule has 2 aromatic heterocycles. The van der Waals surface area contributed by atoms with E-state index >= 15 is 0 Å². The van der Waals surface area contributed by atoms with Gasteiger partial charge in [-0.25, -0.2) is 13.8 Å². The van der Waals surface area contributed by atoms with Gasteiger partial charge in [0.15, 0.2) is 0 Å². The van der Waals surface area contributed by atoms with Crippen molar-refractivity contribution in [2.75, 3.05) is 11.9 Å². The Morgan fingerprint density at radius 1 is 1.11 bits per heavy atom. The fourth-order valence-electron chi connectivity index (χ4n) is 3.30. The number of carbonyl (C=O) groups is 1. The normalized spacial score (nSPS) is 18.8. The Kier molecular flexibility index (Phi) is 5.21. The third-order valence-electron chi connectivity index (χ3n) is 4.90. The fraction of sp³-hybridized carbons (Fsp3) is 0.300. The summed E-state index contributed by atoms with van der Waals surface area (Å²) in [7, 11) is 0. The van der Waals surface area contributed by atoms with E-state index in [-0.39, 0.29) is 24.4 Å². The minimum atomic E-state index is -2.37. The number of carbonyl (C=O) groups excluding carboxylic acids is 1. The third kappa shape index (κ3) is 4.12. The highest BCUT2D eigenvalue weighted by atomic mass is 19.3. The van der Waals surface area contributed by atoms with Gasteiger partial charge in [0, 0.05) is 41.5 Å². The highest BCUT2D eigenvalue weighted by Gasteiger charge is 2.34. The largest absolute Gasteiger partial charge is 0.310 e. The minimum absolute atomic E-state index is 0.0242. The molecule has 4 rings (SSSR count). The van der Waals surface area contributed by atoms with Crippen LogP contribution in [0.15, 0.2) is 49.1 Å². The van der Waals surface area contributed by atoms with Gasteiger partial charge in [-0.05, 0) is 30.4 Å². The van der Waals surface area contributed by atoms with Crippen LogP contribution in [0, 0.1) is 5.92 Å². The summed E-state index contributed by atoms with van der Waals surface area (Å²) in [5, 5.41) is 7.46. The molecule has 28 heavy (non-hydrogen) atoms. The molecule has 1 saturated carbocycles. The van der Waals surface area contributed by atoms with Crippen LogP contribution in [0.1, 0.15) is 12.8 Å². The van der Waals surface area contributed by atoms with Gasteiger partial charge in [0.25, 0.3) is 6.43 Å². The molecule has 0 spiro atoms. The smallest absolute Gasteiger partial charge is 0.250 e. The van der Waals surface area contributed by atoms with Crippen molar-refractivity contribution in [2.45, 2.75) is 25.3 Å². The number of pyridine rings is 1. The molecule has 0 radical (unpaired) electrons. The van der Waals surface area contributed by atoms with Crippen LogP contribution in [0.5, 0.6) is 0 Å². The van der Waals surface area contributed by atoms with Crippen LogP contribution in [-0.4, -0.2) is 39.9 Å². The average Bonchev–Trinajstić information content (AvgIpc) is 2.66. The predicted octanol–water partition coefficient (Wildman–Crippen LogP) is 3.26. The number of anilines is 1. The van der Waals surface area contributed by atoms with E-state index in [4.69, 9.17) is 0 Å². The zero-order chi connectivity index (χ0) is 19.5. The molecular weight excluding hydrogens is 364 g/mol. The van der Waals surface area contributed by atoms with Crippen LogP contribution in [-0.2, 0) is 4.79 Å². The Morgan fingerprint density at radius 2 is 1.96 bits per heavy atom. The molecule has 6 nitrogen and oxygen atoms in total. The molecule has 0 aliphatic heterocycles. The first-order chi connectivity index (χ1) is 13.6. The summed E-state index contributed by atoms with van der Waals surface area (Å²) in [6.07, 6.45) is 5.41. The molecule has 3 aromatic rings. The lowest BCUT2D eigenvalue weighted by Gasteiger charge is -2.34. The lowest BCUT2D eigenvalue weighted by Crippen LogP contribution is -2.47. The number of hydrogen-bond donors (Lipinski definition) is 2. The summed E-state index contributed by atoms with van der Waals surface area (Å²) in [5.74, 6) is 0.156. The molecule has 144 valence electrons. The molecule has 1 amide bonds. The van der Waals surface area contributed by atoms with Crippen molar-refractivity contribution in [3.63, 3.8) is 0 Å². The highest BCUT2D eigenvalue weighted by Crippen LogP contribution is 2.29. The van der Waals surface area contributed by atoms with Crippen molar-refractivity contribution in [2.24, 2.45) is 5.92 Å².